The number of carbonyl (C=O) groups is 2. The summed E-state index contributed by atoms with van der Waals surface area (Å²) in [5, 5.41) is 18.3. The van der Waals surface area contributed by atoms with E-state index in [-0.39, 0.29) is 12.1 Å². The van der Waals surface area contributed by atoms with Gasteiger partial charge in [0, 0.05) is 33.9 Å². The molecule has 0 bridgehead atoms. The minimum absolute atomic E-state index is 0.331. The van der Waals surface area contributed by atoms with Crippen molar-refractivity contribution in [3.05, 3.63) is 70.8 Å². The van der Waals surface area contributed by atoms with Gasteiger partial charge in [0.25, 0.3) is 0 Å². The Morgan fingerprint density at radius 1 is 1.16 bits per heavy atom. The van der Waals surface area contributed by atoms with Crippen molar-refractivity contribution in [3.8, 4) is 23.0 Å². The van der Waals surface area contributed by atoms with Crippen molar-refractivity contribution < 1.29 is 14.7 Å². The molecule has 2 aromatic carbocycles. The number of halogens is 1. The van der Waals surface area contributed by atoms with Gasteiger partial charge in [-0.3, -0.25) is 4.90 Å². The number of carboxylic acid groups (broad SMARTS) is 1. The maximum atomic E-state index is 12.3. The summed E-state index contributed by atoms with van der Waals surface area (Å²) < 4.78 is 0.852. The number of nitrogen functional groups attached to an aromatic ring is 1. The Balaban J connectivity index is 1.36. The number of amides is 3. The van der Waals surface area contributed by atoms with Crippen molar-refractivity contribution in [2.75, 3.05) is 22.9 Å². The second-order valence-corrected chi connectivity index (χ2v) is 9.80. The van der Waals surface area contributed by atoms with Crippen LogP contribution in [0.3, 0.4) is 0 Å². The molecule has 0 radical (unpaired) electrons. The fourth-order valence-corrected chi connectivity index (χ4v) is 5.51. The monoisotopic (exact) mass is 531 g/mol. The topological polar surface area (TPSA) is 121 Å². The summed E-state index contributed by atoms with van der Waals surface area (Å²) in [4.78, 5) is 29.5. The number of urea groups is 1. The molecule has 1 aliphatic rings. The smallest absolute Gasteiger partial charge is 0.408 e. The minimum atomic E-state index is -0.953. The quantitative estimate of drug-likeness (QED) is 0.230. The maximum absolute atomic E-state index is 12.3. The molecule has 1 aliphatic heterocycles. The Hall–Kier alpha value is -4.26. The van der Waals surface area contributed by atoms with Crippen molar-refractivity contribution >= 4 is 62.2 Å². The van der Waals surface area contributed by atoms with Gasteiger partial charge in [-0.25, -0.2) is 14.6 Å². The van der Waals surface area contributed by atoms with Gasteiger partial charge in [0.2, 0.25) is 0 Å². The first kappa shape index (κ1) is 24.4. The van der Waals surface area contributed by atoms with E-state index in [9.17, 15) is 14.7 Å². The molecule has 0 aliphatic carbocycles. The molecule has 1 saturated heterocycles. The van der Waals surface area contributed by atoms with E-state index in [0.29, 0.717) is 40.7 Å². The molecule has 5 N–H and O–H groups in total. The summed E-state index contributed by atoms with van der Waals surface area (Å²) in [6.07, 6.45) is 2.14. The maximum Gasteiger partial charge on any atom is 0.408 e. The first-order chi connectivity index (χ1) is 17.9. The number of nitrogens with zero attached hydrogens (tertiary/aromatic N) is 2. The van der Waals surface area contributed by atoms with Crippen molar-refractivity contribution in [1.82, 2.24) is 9.88 Å². The highest BCUT2D eigenvalue weighted by Crippen LogP contribution is 2.38. The number of benzene rings is 2. The van der Waals surface area contributed by atoms with Gasteiger partial charge in [-0.2, -0.15) is 0 Å². The number of rotatable bonds is 3. The predicted octanol–water partition coefficient (Wildman–Crippen LogP) is 6.34. The fraction of sp³-hybridized carbons (Fsp3) is 0.148. The normalized spacial score (nSPS) is 14.7. The van der Waals surface area contributed by atoms with Crippen molar-refractivity contribution in [2.24, 2.45) is 0 Å². The average Bonchev–Trinajstić information content (AvgIpc) is 3.52. The van der Waals surface area contributed by atoms with E-state index < -0.39 is 6.09 Å². The zero-order chi connectivity index (χ0) is 25.9. The van der Waals surface area contributed by atoms with Crippen molar-refractivity contribution in [1.29, 1.82) is 0 Å². The lowest BCUT2D eigenvalue weighted by atomic mass is 10.0. The lowest BCUT2D eigenvalue weighted by Crippen LogP contribution is -2.33. The number of carbonyl (C=O) groups excluding carboxylic acids is 1. The molecule has 5 rings (SSSR count). The largest absolute Gasteiger partial charge is 0.465 e. The van der Waals surface area contributed by atoms with E-state index in [1.54, 1.807) is 30.5 Å². The first-order valence-corrected chi connectivity index (χ1v) is 12.8. The van der Waals surface area contributed by atoms with Gasteiger partial charge in [-0.1, -0.05) is 35.7 Å². The van der Waals surface area contributed by atoms with Gasteiger partial charge >= 0.3 is 12.1 Å². The molecule has 3 amide bonds. The molecule has 0 saturated carbocycles. The van der Waals surface area contributed by atoms with Gasteiger partial charge in [-0.05, 0) is 60.0 Å². The summed E-state index contributed by atoms with van der Waals surface area (Å²) in [7, 11) is 0. The Labute approximate surface area is 222 Å². The third-order valence-corrected chi connectivity index (χ3v) is 7.24. The third kappa shape index (κ3) is 5.31. The number of hydrogen-bond donors (Lipinski definition) is 4. The van der Waals surface area contributed by atoms with E-state index in [2.05, 4.69) is 27.5 Å². The zero-order valence-corrected chi connectivity index (χ0v) is 21.1. The molecule has 0 spiro atoms. The number of hydrogen-bond acceptors (Lipinski definition) is 5. The van der Waals surface area contributed by atoms with Crippen molar-refractivity contribution in [2.45, 2.75) is 18.9 Å². The number of pyridine rings is 1. The van der Waals surface area contributed by atoms with E-state index in [0.717, 1.165) is 27.6 Å². The number of anilines is 3. The number of nitrogens with two attached hydrogens (primary N) is 1. The molecule has 4 aromatic rings. The second kappa shape index (κ2) is 10.4. The molecule has 10 heteroatoms. The number of aromatic nitrogens is 1. The summed E-state index contributed by atoms with van der Waals surface area (Å²) in [6, 6.07) is 13.7. The highest BCUT2D eigenvalue weighted by Gasteiger charge is 2.26. The summed E-state index contributed by atoms with van der Waals surface area (Å²) >= 11 is 7.46. The number of thiophene rings is 1. The van der Waals surface area contributed by atoms with Crippen LogP contribution in [0.2, 0.25) is 5.02 Å². The molecule has 3 heterocycles. The summed E-state index contributed by atoms with van der Waals surface area (Å²) in [5.41, 5.74) is 10.5. The van der Waals surface area contributed by atoms with Crippen LogP contribution in [0.1, 0.15) is 18.5 Å². The molecule has 2 aromatic heterocycles. The van der Waals surface area contributed by atoms with Crippen LogP contribution in [0.4, 0.5) is 26.7 Å². The van der Waals surface area contributed by atoms with Crippen LogP contribution in [-0.4, -0.2) is 39.7 Å². The van der Waals surface area contributed by atoms with Crippen LogP contribution in [-0.2, 0) is 0 Å². The van der Waals surface area contributed by atoms with Crippen molar-refractivity contribution in [3.63, 3.8) is 0 Å². The molecular weight excluding hydrogens is 510 g/mol. The lowest BCUT2D eigenvalue weighted by Gasteiger charge is -2.15. The van der Waals surface area contributed by atoms with Crippen LogP contribution in [0.25, 0.3) is 21.2 Å². The van der Waals surface area contributed by atoms with Gasteiger partial charge < -0.3 is 21.5 Å². The zero-order valence-electron chi connectivity index (χ0n) is 19.5. The van der Waals surface area contributed by atoms with E-state index in [1.807, 2.05) is 29.6 Å². The average molecular weight is 532 g/mol. The highest BCUT2D eigenvalue weighted by atomic mass is 35.5. The molecule has 1 fully saturated rings. The molecule has 0 unspecified atom stereocenters. The van der Waals surface area contributed by atoms with Gasteiger partial charge in [0.1, 0.15) is 5.69 Å². The Kier molecular flexibility index (Phi) is 6.86. The Morgan fingerprint density at radius 2 is 1.95 bits per heavy atom. The van der Waals surface area contributed by atoms with E-state index >= 15 is 0 Å². The van der Waals surface area contributed by atoms with Crippen LogP contribution in [0.5, 0.6) is 0 Å². The summed E-state index contributed by atoms with van der Waals surface area (Å²) in [6.45, 7) is 0.496. The van der Waals surface area contributed by atoms with Gasteiger partial charge in [0.05, 0.1) is 22.6 Å². The standard InChI is InChI=1S/C27H22ClN5O3S/c28-17-3-1-4-19(13-17)32-26(34)31-18-8-6-16(7-9-18)21-15-37-25-23(30-14-22(29)24(21)25)11-10-20-5-2-12-33(20)27(35)36/h1,3-4,6-9,13-15,20H,2,5,12,29H2,(H,35,36)(H2,31,32,34)/t20-/m0/s1. The lowest BCUT2D eigenvalue weighted by molar-refractivity contribution is 0.148. The fourth-order valence-electron chi connectivity index (χ4n) is 4.27. The Morgan fingerprint density at radius 3 is 2.70 bits per heavy atom. The van der Waals surface area contributed by atoms with Crippen LogP contribution in [0.15, 0.2) is 60.1 Å². The highest BCUT2D eigenvalue weighted by molar-refractivity contribution is 7.18. The predicted molar refractivity (Wildman–Crippen MR) is 148 cm³/mol. The molecule has 1 atom stereocenters. The number of fused-ring (bicyclic) bond motifs is 1. The second-order valence-electron chi connectivity index (χ2n) is 8.49. The van der Waals surface area contributed by atoms with Crippen LogP contribution < -0.4 is 16.4 Å². The number of likely N-dealkylation sites (tertiary alicyclic amines) is 1. The summed E-state index contributed by atoms with van der Waals surface area (Å²) in [5.74, 6) is 6.17. The third-order valence-electron chi connectivity index (χ3n) is 6.02. The van der Waals surface area contributed by atoms with E-state index in [4.69, 9.17) is 17.3 Å². The molecule has 186 valence electrons. The SMILES string of the molecule is Nc1cnc(C#C[C@@H]2CCCN2C(=O)O)c2scc(-c3ccc(NC(=O)Nc4cccc(Cl)c4)cc3)c12. The first-order valence-electron chi connectivity index (χ1n) is 11.5. The van der Waals surface area contributed by atoms with E-state index in [1.165, 1.54) is 16.2 Å². The number of nitrogens with one attached hydrogen (secondary N) is 2. The van der Waals surface area contributed by atoms with Gasteiger partial charge in [-0.15, -0.1) is 11.3 Å². The van der Waals surface area contributed by atoms with Crippen LogP contribution in [0, 0.1) is 11.8 Å². The molecule has 37 heavy (non-hydrogen) atoms. The Bertz CT molecular complexity index is 1560. The van der Waals surface area contributed by atoms with Gasteiger partial charge in [0.15, 0.2) is 0 Å². The molecular formula is C27H22ClN5O3S. The minimum Gasteiger partial charge on any atom is -0.465 e. The van der Waals surface area contributed by atoms with Crippen LogP contribution >= 0.6 is 22.9 Å². The molecule has 8 nitrogen and oxygen atoms in total.